The zero-order valence-electron chi connectivity index (χ0n) is 14.9. The summed E-state index contributed by atoms with van der Waals surface area (Å²) in [6.45, 7) is 7.06. The third kappa shape index (κ3) is 4.65. The number of oxime groups is 1. The van der Waals surface area contributed by atoms with Gasteiger partial charge in [-0.3, -0.25) is 0 Å². The molecule has 1 atom stereocenters. The second kappa shape index (κ2) is 8.96. The van der Waals surface area contributed by atoms with E-state index in [2.05, 4.69) is 17.1 Å². The fourth-order valence-corrected chi connectivity index (χ4v) is 2.62. The summed E-state index contributed by atoms with van der Waals surface area (Å²) in [4.78, 5) is 19.2. The summed E-state index contributed by atoms with van der Waals surface area (Å²) in [6.07, 6.45) is 2.12. The average molecular weight is 347 g/mol. The molecule has 0 spiro atoms. The molecule has 0 bridgehead atoms. The van der Waals surface area contributed by atoms with Crippen LogP contribution < -0.4 is 14.8 Å². The molecule has 1 aliphatic rings. The van der Waals surface area contributed by atoms with Crippen LogP contribution >= 0.6 is 0 Å². The second-order valence-corrected chi connectivity index (χ2v) is 5.57. The number of nitrogens with zero attached hydrogens (tertiary/aromatic N) is 2. The van der Waals surface area contributed by atoms with Gasteiger partial charge >= 0.3 is 6.03 Å². The summed E-state index contributed by atoms with van der Waals surface area (Å²) >= 11 is 0. The molecule has 0 saturated heterocycles. The maximum Gasteiger partial charge on any atom is 0.317 e. The van der Waals surface area contributed by atoms with Gasteiger partial charge in [-0.15, -0.1) is 6.58 Å². The third-order valence-corrected chi connectivity index (χ3v) is 3.84. The van der Waals surface area contributed by atoms with Crippen molar-refractivity contribution in [3.05, 3.63) is 36.4 Å². The lowest BCUT2D eigenvalue weighted by Crippen LogP contribution is -2.43. The van der Waals surface area contributed by atoms with Crippen LogP contribution in [0, 0.1) is 0 Å². The standard InChI is InChI=1S/C18H25N3O4/c1-5-9-21(18(22)19-6-2)12-14-11-15(20-25-14)13-7-8-16(23-3)17(10-13)24-4/h5,7-8,10,14H,1,6,9,11-12H2,2-4H3,(H,19,22). The summed E-state index contributed by atoms with van der Waals surface area (Å²) < 4.78 is 10.6. The van der Waals surface area contributed by atoms with Crippen LogP contribution in [0.1, 0.15) is 18.9 Å². The molecule has 1 aromatic rings. The first-order chi connectivity index (χ1) is 12.1. The molecule has 0 fully saturated rings. The zero-order valence-corrected chi connectivity index (χ0v) is 14.9. The van der Waals surface area contributed by atoms with Gasteiger partial charge in [0.2, 0.25) is 0 Å². The van der Waals surface area contributed by atoms with E-state index in [1.165, 1.54) is 0 Å². The van der Waals surface area contributed by atoms with Crippen molar-refractivity contribution in [2.45, 2.75) is 19.4 Å². The number of methoxy groups -OCH3 is 2. The van der Waals surface area contributed by atoms with E-state index in [-0.39, 0.29) is 12.1 Å². The lowest BCUT2D eigenvalue weighted by atomic mass is 10.0. The molecule has 0 aliphatic carbocycles. The number of carbonyl (C=O) groups is 1. The van der Waals surface area contributed by atoms with Gasteiger partial charge in [-0.1, -0.05) is 11.2 Å². The molecule has 0 radical (unpaired) electrons. The number of ether oxygens (including phenoxy) is 2. The smallest absolute Gasteiger partial charge is 0.317 e. The average Bonchev–Trinajstić information content (AvgIpc) is 3.09. The first-order valence-corrected chi connectivity index (χ1v) is 8.21. The number of benzene rings is 1. The Labute approximate surface area is 148 Å². The topological polar surface area (TPSA) is 72.4 Å². The van der Waals surface area contributed by atoms with Crippen LogP contribution in [0.15, 0.2) is 36.0 Å². The molecule has 0 saturated carbocycles. The molecule has 2 rings (SSSR count). The van der Waals surface area contributed by atoms with E-state index in [0.29, 0.717) is 37.6 Å². The normalized spacial score (nSPS) is 15.8. The van der Waals surface area contributed by atoms with Crippen molar-refractivity contribution in [1.82, 2.24) is 10.2 Å². The van der Waals surface area contributed by atoms with E-state index in [9.17, 15) is 4.79 Å². The summed E-state index contributed by atoms with van der Waals surface area (Å²) in [6, 6.07) is 5.49. The van der Waals surface area contributed by atoms with Gasteiger partial charge in [0, 0.05) is 25.1 Å². The number of nitrogens with one attached hydrogen (secondary N) is 1. The molecule has 7 heteroatoms. The Morgan fingerprint density at radius 2 is 2.20 bits per heavy atom. The second-order valence-electron chi connectivity index (χ2n) is 5.57. The van der Waals surface area contributed by atoms with Crippen molar-refractivity contribution in [2.24, 2.45) is 5.16 Å². The van der Waals surface area contributed by atoms with Crippen molar-refractivity contribution in [3.63, 3.8) is 0 Å². The van der Waals surface area contributed by atoms with Crippen molar-refractivity contribution in [2.75, 3.05) is 33.9 Å². The van der Waals surface area contributed by atoms with Crippen LogP contribution in [0.25, 0.3) is 0 Å². The molecular weight excluding hydrogens is 322 g/mol. The molecule has 136 valence electrons. The molecule has 1 unspecified atom stereocenters. The van der Waals surface area contributed by atoms with Crippen LogP contribution in [0.3, 0.4) is 0 Å². The summed E-state index contributed by atoms with van der Waals surface area (Å²) in [5.74, 6) is 1.30. The van der Waals surface area contributed by atoms with Gasteiger partial charge in [-0.05, 0) is 25.1 Å². The molecule has 0 aromatic heterocycles. The van der Waals surface area contributed by atoms with E-state index in [1.54, 1.807) is 25.2 Å². The minimum absolute atomic E-state index is 0.134. The summed E-state index contributed by atoms with van der Waals surface area (Å²) in [5.41, 5.74) is 1.73. The monoisotopic (exact) mass is 347 g/mol. The highest BCUT2D eigenvalue weighted by atomic mass is 16.6. The first-order valence-electron chi connectivity index (χ1n) is 8.21. The molecule has 1 N–H and O–H groups in total. The van der Waals surface area contributed by atoms with Crippen LogP contribution in [-0.4, -0.2) is 56.6 Å². The van der Waals surface area contributed by atoms with Gasteiger partial charge < -0.3 is 24.5 Å². The van der Waals surface area contributed by atoms with Crippen molar-refractivity contribution < 1.29 is 19.1 Å². The zero-order chi connectivity index (χ0) is 18.2. The fraction of sp³-hybridized carbons (Fsp3) is 0.444. The van der Waals surface area contributed by atoms with Gasteiger partial charge in [-0.25, -0.2) is 4.79 Å². The highest BCUT2D eigenvalue weighted by Gasteiger charge is 2.26. The van der Waals surface area contributed by atoms with Crippen LogP contribution in [-0.2, 0) is 4.84 Å². The number of carbonyl (C=O) groups excluding carboxylic acids is 1. The number of hydrogen-bond donors (Lipinski definition) is 1. The third-order valence-electron chi connectivity index (χ3n) is 3.84. The van der Waals surface area contributed by atoms with Crippen molar-refractivity contribution >= 4 is 11.7 Å². The summed E-state index contributed by atoms with van der Waals surface area (Å²) in [7, 11) is 3.19. The van der Waals surface area contributed by atoms with Gasteiger partial charge in [0.1, 0.15) is 0 Å². The number of urea groups is 1. The highest BCUT2D eigenvalue weighted by Crippen LogP contribution is 2.29. The van der Waals surface area contributed by atoms with E-state index in [0.717, 1.165) is 11.3 Å². The van der Waals surface area contributed by atoms with E-state index < -0.39 is 0 Å². The number of rotatable bonds is 8. The number of amides is 2. The Bertz CT molecular complexity index is 645. The summed E-state index contributed by atoms with van der Waals surface area (Å²) in [5, 5.41) is 6.96. The Morgan fingerprint density at radius 1 is 1.44 bits per heavy atom. The van der Waals surface area contributed by atoms with E-state index in [4.69, 9.17) is 14.3 Å². The quantitative estimate of drug-likeness (QED) is 0.733. The molecule has 7 nitrogen and oxygen atoms in total. The van der Waals surface area contributed by atoms with Gasteiger partial charge in [0.25, 0.3) is 0 Å². The van der Waals surface area contributed by atoms with Crippen molar-refractivity contribution in [1.29, 1.82) is 0 Å². The Hall–Kier alpha value is -2.70. The van der Waals surface area contributed by atoms with E-state index >= 15 is 0 Å². The van der Waals surface area contributed by atoms with Gasteiger partial charge in [-0.2, -0.15) is 0 Å². The molecular formula is C18H25N3O4. The Morgan fingerprint density at radius 3 is 2.84 bits per heavy atom. The first kappa shape index (κ1) is 18.6. The maximum atomic E-state index is 12.1. The Kier molecular flexibility index (Phi) is 6.68. The van der Waals surface area contributed by atoms with E-state index in [1.807, 2.05) is 25.1 Å². The minimum atomic E-state index is -0.189. The maximum absolute atomic E-state index is 12.1. The Balaban J connectivity index is 2.02. The largest absolute Gasteiger partial charge is 0.493 e. The lowest BCUT2D eigenvalue weighted by molar-refractivity contribution is 0.0630. The SMILES string of the molecule is C=CCN(CC1CC(c2ccc(OC)c(OC)c2)=NO1)C(=O)NCC. The number of hydrogen-bond acceptors (Lipinski definition) is 5. The van der Waals surface area contributed by atoms with Gasteiger partial charge in [0.15, 0.2) is 17.6 Å². The van der Waals surface area contributed by atoms with Crippen LogP contribution in [0.4, 0.5) is 4.79 Å². The van der Waals surface area contributed by atoms with Crippen LogP contribution in [0.5, 0.6) is 11.5 Å². The molecule has 2 amide bonds. The predicted molar refractivity (Wildman–Crippen MR) is 96.4 cm³/mol. The van der Waals surface area contributed by atoms with Crippen molar-refractivity contribution in [3.8, 4) is 11.5 Å². The van der Waals surface area contributed by atoms with Gasteiger partial charge in [0.05, 0.1) is 26.5 Å². The molecule has 25 heavy (non-hydrogen) atoms. The lowest BCUT2D eigenvalue weighted by Gasteiger charge is -2.23. The van der Waals surface area contributed by atoms with Crippen LogP contribution in [0.2, 0.25) is 0 Å². The highest BCUT2D eigenvalue weighted by molar-refractivity contribution is 6.01. The molecule has 1 heterocycles. The molecule has 1 aromatic carbocycles. The fourth-order valence-electron chi connectivity index (χ4n) is 2.62. The minimum Gasteiger partial charge on any atom is -0.493 e. The molecule has 1 aliphatic heterocycles. The predicted octanol–water partition coefficient (Wildman–Crippen LogP) is 2.41.